The summed E-state index contributed by atoms with van der Waals surface area (Å²) in [6, 6.07) is 0. The van der Waals surface area contributed by atoms with Gasteiger partial charge in [-0.2, -0.15) is 0 Å². The average molecular weight is 145 g/mol. The largest absolute Gasteiger partial charge is 0.387 e. The predicted octanol–water partition coefficient (Wildman–Crippen LogP) is -0.109. The van der Waals surface area contributed by atoms with Crippen LogP contribution in [0, 0.1) is 10.1 Å². The Morgan fingerprint density at radius 2 is 2.40 bits per heavy atom. The number of nitro groups is 1. The Bertz CT molecular complexity index is 144. The minimum absolute atomic E-state index is 0.00926. The number of hydrogen-bond donors (Lipinski definition) is 2. The van der Waals surface area contributed by atoms with Gasteiger partial charge in [0, 0.05) is 7.05 Å². The van der Waals surface area contributed by atoms with Gasteiger partial charge in [-0.05, 0) is 11.8 Å². The van der Waals surface area contributed by atoms with Gasteiger partial charge in [0.25, 0.3) is 0 Å². The summed E-state index contributed by atoms with van der Waals surface area (Å²) in [5, 5.41) is 15.3. The maximum absolute atomic E-state index is 10.1. The lowest BCUT2D eigenvalue weighted by Crippen LogP contribution is -2.21. The van der Waals surface area contributed by atoms with E-state index in [1.54, 1.807) is 14.0 Å². The molecule has 10 heavy (non-hydrogen) atoms. The molecule has 0 aliphatic heterocycles. The lowest BCUT2D eigenvalue weighted by atomic mass is 10.6. The van der Waals surface area contributed by atoms with E-state index in [2.05, 4.69) is 10.6 Å². The molecule has 0 fully saturated rings. The van der Waals surface area contributed by atoms with E-state index in [1.807, 2.05) is 0 Å². The molecule has 0 amide bonds. The zero-order chi connectivity index (χ0) is 7.98. The Morgan fingerprint density at radius 3 is 2.70 bits per heavy atom. The van der Waals surface area contributed by atoms with Crippen LogP contribution < -0.4 is 10.6 Å². The highest BCUT2D eigenvalue weighted by Gasteiger charge is 2.02. The molecule has 5 nitrogen and oxygen atoms in total. The fraction of sp³-hybridized carbons (Fsp3) is 0.600. The summed E-state index contributed by atoms with van der Waals surface area (Å²) in [6.45, 7) is 2.35. The van der Waals surface area contributed by atoms with Gasteiger partial charge in [-0.1, -0.05) is 0 Å². The van der Waals surface area contributed by atoms with Gasteiger partial charge in [0.15, 0.2) is 0 Å². The van der Waals surface area contributed by atoms with Crippen molar-refractivity contribution in [3.8, 4) is 0 Å². The van der Waals surface area contributed by atoms with Gasteiger partial charge in [0.1, 0.15) is 0 Å². The molecule has 5 heteroatoms. The van der Waals surface area contributed by atoms with Crippen molar-refractivity contribution in [3.05, 3.63) is 22.1 Å². The number of nitrogens with one attached hydrogen (secondary N) is 2. The molecule has 0 aromatic carbocycles. The van der Waals surface area contributed by atoms with Crippen LogP contribution in [-0.4, -0.2) is 18.5 Å². The van der Waals surface area contributed by atoms with Gasteiger partial charge in [-0.15, -0.1) is 0 Å². The SMILES string of the molecule is CCNC(=CNC)[N+](=O)[O-]. The van der Waals surface area contributed by atoms with E-state index >= 15 is 0 Å². The van der Waals surface area contributed by atoms with E-state index in [1.165, 1.54) is 6.20 Å². The molecule has 58 valence electrons. The van der Waals surface area contributed by atoms with E-state index in [0.717, 1.165) is 0 Å². The quantitative estimate of drug-likeness (QED) is 0.428. The fourth-order valence-electron chi connectivity index (χ4n) is 0.486. The standard InChI is InChI=1S/C5H11N3O2/c1-3-7-5(4-6-2)8(9)10/h4,6-7H,3H2,1-2H3. The van der Waals surface area contributed by atoms with Crippen molar-refractivity contribution in [2.45, 2.75) is 6.92 Å². The van der Waals surface area contributed by atoms with Gasteiger partial charge in [-0.25, -0.2) is 0 Å². The molecule has 0 aliphatic rings. The van der Waals surface area contributed by atoms with Crippen LogP contribution in [0.1, 0.15) is 6.92 Å². The first-order valence-corrected chi connectivity index (χ1v) is 2.98. The Kier molecular flexibility index (Phi) is 4.02. The summed E-state index contributed by atoms with van der Waals surface area (Å²) in [5.74, 6) is -0.00926. The van der Waals surface area contributed by atoms with Gasteiger partial charge in [-0.3, -0.25) is 5.32 Å². The topological polar surface area (TPSA) is 67.2 Å². The summed E-state index contributed by atoms with van der Waals surface area (Å²) in [5.41, 5.74) is 0. The molecule has 0 aliphatic carbocycles. The second-order valence-corrected chi connectivity index (χ2v) is 1.61. The molecule has 0 bridgehead atoms. The van der Waals surface area contributed by atoms with Gasteiger partial charge in [0.2, 0.25) is 0 Å². The van der Waals surface area contributed by atoms with Gasteiger partial charge < -0.3 is 15.4 Å². The Labute approximate surface area is 59.3 Å². The van der Waals surface area contributed by atoms with Crippen LogP contribution in [0.25, 0.3) is 0 Å². The average Bonchev–Trinajstić information content (AvgIpc) is 1.87. The second kappa shape index (κ2) is 4.60. The van der Waals surface area contributed by atoms with Crippen molar-refractivity contribution in [1.29, 1.82) is 0 Å². The van der Waals surface area contributed by atoms with Crippen molar-refractivity contribution in [1.82, 2.24) is 10.6 Å². The number of nitrogens with zero attached hydrogens (tertiary/aromatic N) is 1. The number of rotatable bonds is 4. The fourth-order valence-corrected chi connectivity index (χ4v) is 0.486. The summed E-state index contributed by atoms with van der Waals surface area (Å²) in [6.07, 6.45) is 1.31. The molecule has 0 saturated heterocycles. The Balaban J connectivity index is 3.98. The zero-order valence-electron chi connectivity index (χ0n) is 6.05. The molecule has 0 radical (unpaired) electrons. The number of hydrogen-bond acceptors (Lipinski definition) is 4. The van der Waals surface area contributed by atoms with Crippen molar-refractivity contribution in [2.24, 2.45) is 0 Å². The molecular formula is C5H11N3O2. The van der Waals surface area contributed by atoms with Crippen LogP contribution in [0.15, 0.2) is 12.0 Å². The maximum Gasteiger partial charge on any atom is 0.331 e. The monoisotopic (exact) mass is 145 g/mol. The van der Waals surface area contributed by atoms with Gasteiger partial charge >= 0.3 is 5.82 Å². The lowest BCUT2D eigenvalue weighted by molar-refractivity contribution is -0.432. The van der Waals surface area contributed by atoms with E-state index in [-0.39, 0.29) is 5.82 Å². The van der Waals surface area contributed by atoms with Crippen molar-refractivity contribution >= 4 is 0 Å². The third-order valence-corrected chi connectivity index (χ3v) is 0.836. The minimum Gasteiger partial charge on any atom is -0.387 e. The van der Waals surface area contributed by atoms with Crippen molar-refractivity contribution in [2.75, 3.05) is 13.6 Å². The van der Waals surface area contributed by atoms with E-state index in [0.29, 0.717) is 6.54 Å². The Hall–Kier alpha value is -1.26. The smallest absolute Gasteiger partial charge is 0.331 e. The third kappa shape index (κ3) is 2.91. The lowest BCUT2D eigenvalue weighted by Gasteiger charge is -1.99. The van der Waals surface area contributed by atoms with Crippen LogP contribution in [-0.2, 0) is 0 Å². The molecule has 2 N–H and O–H groups in total. The van der Waals surface area contributed by atoms with Crippen LogP contribution in [0.2, 0.25) is 0 Å². The van der Waals surface area contributed by atoms with E-state index in [4.69, 9.17) is 0 Å². The highest BCUT2D eigenvalue weighted by Crippen LogP contribution is 1.85. The molecule has 0 aromatic heterocycles. The van der Waals surface area contributed by atoms with Crippen molar-refractivity contribution in [3.63, 3.8) is 0 Å². The third-order valence-electron chi connectivity index (χ3n) is 0.836. The summed E-state index contributed by atoms with van der Waals surface area (Å²) < 4.78 is 0. The van der Waals surface area contributed by atoms with Crippen LogP contribution in [0.5, 0.6) is 0 Å². The molecular weight excluding hydrogens is 134 g/mol. The van der Waals surface area contributed by atoms with Crippen LogP contribution >= 0.6 is 0 Å². The maximum atomic E-state index is 10.1. The van der Waals surface area contributed by atoms with Crippen LogP contribution in [0.4, 0.5) is 0 Å². The molecule has 0 aromatic rings. The summed E-state index contributed by atoms with van der Waals surface area (Å²) >= 11 is 0. The Morgan fingerprint density at radius 1 is 1.80 bits per heavy atom. The molecule has 0 heterocycles. The first kappa shape index (κ1) is 8.74. The second-order valence-electron chi connectivity index (χ2n) is 1.61. The summed E-state index contributed by atoms with van der Waals surface area (Å²) in [7, 11) is 1.61. The molecule has 0 rings (SSSR count). The van der Waals surface area contributed by atoms with Gasteiger partial charge in [0.05, 0.1) is 12.7 Å². The van der Waals surface area contributed by atoms with Crippen LogP contribution in [0.3, 0.4) is 0 Å². The molecule has 0 spiro atoms. The highest BCUT2D eigenvalue weighted by atomic mass is 16.6. The molecule has 0 saturated carbocycles. The first-order chi connectivity index (χ1) is 4.72. The van der Waals surface area contributed by atoms with Crippen molar-refractivity contribution < 1.29 is 4.92 Å². The molecule has 0 unspecified atom stereocenters. The van der Waals surface area contributed by atoms with E-state index < -0.39 is 4.92 Å². The summed E-state index contributed by atoms with van der Waals surface area (Å²) in [4.78, 5) is 9.64. The highest BCUT2D eigenvalue weighted by molar-refractivity contribution is 4.85. The van der Waals surface area contributed by atoms with E-state index in [9.17, 15) is 10.1 Å². The zero-order valence-corrected chi connectivity index (χ0v) is 6.05. The first-order valence-electron chi connectivity index (χ1n) is 2.98. The molecule has 0 atom stereocenters. The minimum atomic E-state index is -0.472. The normalized spacial score (nSPS) is 10.8. The predicted molar refractivity (Wildman–Crippen MR) is 37.8 cm³/mol.